The molecule has 1 amide bonds. The van der Waals surface area contributed by atoms with E-state index in [9.17, 15) is 4.79 Å². The van der Waals surface area contributed by atoms with Crippen molar-refractivity contribution in [3.63, 3.8) is 0 Å². The molecule has 3 rings (SSSR count). The van der Waals surface area contributed by atoms with E-state index in [0.29, 0.717) is 4.88 Å². The smallest absolute Gasteiger partial charge is 0.263 e. The van der Waals surface area contributed by atoms with Crippen LogP contribution in [0.2, 0.25) is 0 Å². The molecule has 116 valence electrons. The van der Waals surface area contributed by atoms with Crippen LogP contribution in [0.15, 0.2) is 30.7 Å². The molecule has 3 heterocycles. The molecular formula is C16H20N4OS. The number of carbonyl (C=O) groups excluding carboxylic acids is 1. The molecule has 1 aliphatic heterocycles. The van der Waals surface area contributed by atoms with Crippen molar-refractivity contribution in [2.45, 2.75) is 19.8 Å². The van der Waals surface area contributed by atoms with Crippen molar-refractivity contribution in [3.05, 3.63) is 35.6 Å². The molecular weight excluding hydrogens is 296 g/mol. The zero-order valence-corrected chi connectivity index (χ0v) is 13.4. The molecule has 2 N–H and O–H groups in total. The molecule has 5 nitrogen and oxygen atoms in total. The van der Waals surface area contributed by atoms with Gasteiger partial charge in [-0.3, -0.25) is 9.78 Å². The van der Waals surface area contributed by atoms with Gasteiger partial charge in [-0.1, -0.05) is 6.92 Å². The molecule has 0 saturated carbocycles. The maximum atomic E-state index is 12.3. The van der Waals surface area contributed by atoms with Crippen LogP contribution in [0.3, 0.4) is 0 Å². The molecule has 1 saturated heterocycles. The van der Waals surface area contributed by atoms with Gasteiger partial charge in [0.1, 0.15) is 9.88 Å². The fraction of sp³-hybridized carbons (Fsp3) is 0.438. The zero-order chi connectivity index (χ0) is 15.4. The van der Waals surface area contributed by atoms with Gasteiger partial charge in [-0.05, 0) is 43.5 Å². The van der Waals surface area contributed by atoms with E-state index in [1.54, 1.807) is 18.6 Å². The van der Waals surface area contributed by atoms with E-state index in [0.717, 1.165) is 43.0 Å². The number of rotatable bonds is 4. The highest BCUT2D eigenvalue weighted by Crippen LogP contribution is 2.28. The summed E-state index contributed by atoms with van der Waals surface area (Å²) in [6.45, 7) is 5.01. The second-order valence-corrected chi connectivity index (χ2v) is 7.04. The van der Waals surface area contributed by atoms with E-state index in [4.69, 9.17) is 0 Å². The Kier molecular flexibility index (Phi) is 4.49. The third-order valence-corrected chi connectivity index (χ3v) is 5.19. The first-order valence-electron chi connectivity index (χ1n) is 7.51. The van der Waals surface area contributed by atoms with Gasteiger partial charge in [-0.15, -0.1) is 11.3 Å². The average Bonchev–Trinajstić information content (AvgIpc) is 3.04. The molecule has 1 fully saturated rings. The van der Waals surface area contributed by atoms with Gasteiger partial charge in [0.15, 0.2) is 0 Å². The van der Waals surface area contributed by atoms with Crippen molar-refractivity contribution < 1.29 is 4.79 Å². The quantitative estimate of drug-likeness (QED) is 0.908. The molecule has 0 unspecified atom stereocenters. The molecule has 0 bridgehead atoms. The number of pyridine rings is 1. The molecule has 0 spiro atoms. The summed E-state index contributed by atoms with van der Waals surface area (Å²) in [5.74, 6) is -0.0300. The van der Waals surface area contributed by atoms with Crippen LogP contribution >= 0.6 is 11.3 Å². The Morgan fingerprint density at radius 1 is 1.36 bits per heavy atom. The van der Waals surface area contributed by atoms with Crippen LogP contribution in [-0.4, -0.2) is 35.5 Å². The highest BCUT2D eigenvalue weighted by Gasteiger charge is 2.27. The molecule has 0 atom stereocenters. The first-order valence-corrected chi connectivity index (χ1v) is 8.33. The van der Waals surface area contributed by atoms with Gasteiger partial charge < -0.3 is 10.6 Å². The number of nitrogens with one attached hydrogen (secondary N) is 2. The van der Waals surface area contributed by atoms with Gasteiger partial charge in [0.25, 0.3) is 5.91 Å². The summed E-state index contributed by atoms with van der Waals surface area (Å²) < 4.78 is 0. The summed E-state index contributed by atoms with van der Waals surface area (Å²) in [4.78, 5) is 21.3. The van der Waals surface area contributed by atoms with Gasteiger partial charge in [-0.2, -0.15) is 0 Å². The van der Waals surface area contributed by atoms with Crippen molar-refractivity contribution in [2.75, 3.05) is 19.6 Å². The lowest BCUT2D eigenvalue weighted by Crippen LogP contribution is -2.42. The van der Waals surface area contributed by atoms with E-state index >= 15 is 0 Å². The first-order chi connectivity index (χ1) is 10.7. The average molecular weight is 316 g/mol. The molecule has 0 aliphatic carbocycles. The van der Waals surface area contributed by atoms with Gasteiger partial charge in [0, 0.05) is 24.5 Å². The number of hydrogen-bond donors (Lipinski definition) is 2. The molecule has 22 heavy (non-hydrogen) atoms. The number of thiazole rings is 1. The SMILES string of the molecule is CC1(CNC(=O)c2cnc(-c3ccncc3)s2)CCNCC1. The van der Waals surface area contributed by atoms with Gasteiger partial charge in [0.2, 0.25) is 0 Å². The third-order valence-electron chi connectivity index (χ3n) is 4.14. The lowest BCUT2D eigenvalue weighted by Gasteiger charge is -2.34. The standard InChI is InChI=1S/C16H20N4OS/c1-16(4-8-18-9-5-16)11-20-14(21)13-10-19-15(22-13)12-2-6-17-7-3-12/h2-3,6-7,10,18H,4-5,8-9,11H2,1H3,(H,20,21). The van der Waals surface area contributed by atoms with Crippen molar-refractivity contribution in [1.29, 1.82) is 0 Å². The molecule has 2 aromatic heterocycles. The van der Waals surface area contributed by atoms with Crippen molar-refractivity contribution >= 4 is 17.2 Å². The molecule has 2 aromatic rings. The summed E-state index contributed by atoms with van der Waals surface area (Å²) in [5.41, 5.74) is 1.18. The lowest BCUT2D eigenvalue weighted by molar-refractivity contribution is 0.0926. The molecule has 1 aliphatic rings. The van der Waals surface area contributed by atoms with Crippen LogP contribution in [0.5, 0.6) is 0 Å². The predicted molar refractivity (Wildman–Crippen MR) is 87.9 cm³/mol. The van der Waals surface area contributed by atoms with Crippen LogP contribution in [0.25, 0.3) is 10.6 Å². The molecule has 0 aromatic carbocycles. The van der Waals surface area contributed by atoms with E-state index in [2.05, 4.69) is 27.5 Å². The van der Waals surface area contributed by atoms with E-state index in [-0.39, 0.29) is 11.3 Å². The number of piperidine rings is 1. The van der Waals surface area contributed by atoms with E-state index < -0.39 is 0 Å². The van der Waals surface area contributed by atoms with Crippen LogP contribution in [0, 0.1) is 5.41 Å². The predicted octanol–water partition coefficient (Wildman–Crippen LogP) is 2.32. The van der Waals surface area contributed by atoms with Gasteiger partial charge in [0.05, 0.1) is 6.20 Å². The van der Waals surface area contributed by atoms with E-state index in [1.165, 1.54) is 11.3 Å². The Balaban J connectivity index is 1.62. The van der Waals surface area contributed by atoms with Crippen LogP contribution in [0.4, 0.5) is 0 Å². The van der Waals surface area contributed by atoms with Crippen LogP contribution in [0.1, 0.15) is 29.4 Å². The molecule has 0 radical (unpaired) electrons. The Morgan fingerprint density at radius 3 is 2.82 bits per heavy atom. The Hall–Kier alpha value is -1.79. The third kappa shape index (κ3) is 3.51. The lowest BCUT2D eigenvalue weighted by atomic mass is 9.81. The minimum Gasteiger partial charge on any atom is -0.351 e. The number of nitrogens with zero attached hydrogens (tertiary/aromatic N) is 2. The van der Waals surface area contributed by atoms with Crippen molar-refractivity contribution in [2.24, 2.45) is 5.41 Å². The fourth-order valence-electron chi connectivity index (χ4n) is 2.59. The van der Waals surface area contributed by atoms with Crippen LogP contribution < -0.4 is 10.6 Å². The minimum absolute atomic E-state index is 0.0300. The normalized spacial score (nSPS) is 17.1. The maximum Gasteiger partial charge on any atom is 0.263 e. The summed E-state index contributed by atoms with van der Waals surface area (Å²) in [6.07, 6.45) is 7.31. The van der Waals surface area contributed by atoms with Crippen LogP contribution in [-0.2, 0) is 0 Å². The van der Waals surface area contributed by atoms with Crippen molar-refractivity contribution in [1.82, 2.24) is 20.6 Å². The first kappa shape index (κ1) is 15.1. The highest BCUT2D eigenvalue weighted by molar-refractivity contribution is 7.16. The highest BCUT2D eigenvalue weighted by atomic mass is 32.1. The number of hydrogen-bond acceptors (Lipinski definition) is 5. The Labute approximate surface area is 134 Å². The number of amides is 1. The summed E-state index contributed by atoms with van der Waals surface area (Å²) >= 11 is 1.42. The summed E-state index contributed by atoms with van der Waals surface area (Å²) in [7, 11) is 0. The maximum absolute atomic E-state index is 12.3. The van der Waals surface area contributed by atoms with Gasteiger partial charge in [-0.25, -0.2) is 4.98 Å². The van der Waals surface area contributed by atoms with Crippen molar-refractivity contribution in [3.8, 4) is 10.6 Å². The number of carbonyl (C=O) groups is 1. The zero-order valence-electron chi connectivity index (χ0n) is 12.6. The summed E-state index contributed by atoms with van der Waals surface area (Å²) in [5, 5.41) is 7.27. The largest absolute Gasteiger partial charge is 0.351 e. The minimum atomic E-state index is -0.0300. The Morgan fingerprint density at radius 2 is 2.09 bits per heavy atom. The second-order valence-electron chi connectivity index (χ2n) is 6.01. The fourth-order valence-corrected chi connectivity index (χ4v) is 3.43. The van der Waals surface area contributed by atoms with E-state index in [1.807, 2.05) is 12.1 Å². The number of aromatic nitrogens is 2. The second kappa shape index (κ2) is 6.54. The molecule has 6 heteroatoms. The monoisotopic (exact) mass is 316 g/mol. The Bertz CT molecular complexity index is 635. The topological polar surface area (TPSA) is 66.9 Å². The van der Waals surface area contributed by atoms with Gasteiger partial charge >= 0.3 is 0 Å². The summed E-state index contributed by atoms with van der Waals surface area (Å²) in [6, 6.07) is 3.80.